The molecule has 0 saturated carbocycles. The molecule has 1 heterocycles. The van der Waals surface area contributed by atoms with Gasteiger partial charge < -0.3 is 24.8 Å². The molecule has 0 aromatic heterocycles. The molecule has 1 aliphatic heterocycles. The van der Waals surface area contributed by atoms with E-state index in [0.717, 1.165) is 0 Å². The molecule has 0 bridgehead atoms. The highest BCUT2D eigenvalue weighted by Gasteiger charge is 2.38. The second kappa shape index (κ2) is 5.23. The average molecular weight is 302 g/mol. The summed E-state index contributed by atoms with van der Waals surface area (Å²) in [5.74, 6) is -0.517. The maximum absolute atomic E-state index is 12.3. The molecular formula is C16H14O6. The fourth-order valence-corrected chi connectivity index (χ4v) is 2.49. The molecule has 2 aromatic carbocycles. The van der Waals surface area contributed by atoms with E-state index < -0.39 is 18.0 Å². The summed E-state index contributed by atoms with van der Waals surface area (Å²) in [5.41, 5.74) is 0.386. The molecule has 1 aliphatic rings. The first-order valence-electron chi connectivity index (χ1n) is 6.60. The predicted octanol–water partition coefficient (Wildman–Crippen LogP) is 1.78. The van der Waals surface area contributed by atoms with Crippen molar-refractivity contribution in [1.29, 1.82) is 0 Å². The minimum Gasteiger partial charge on any atom is -0.507 e. The Morgan fingerprint density at radius 2 is 1.91 bits per heavy atom. The minimum atomic E-state index is -1.48. The number of ether oxygens (including phenoxy) is 2. The van der Waals surface area contributed by atoms with Crippen LogP contribution in [0.5, 0.6) is 23.0 Å². The van der Waals surface area contributed by atoms with Gasteiger partial charge in [0.1, 0.15) is 17.1 Å². The summed E-state index contributed by atoms with van der Waals surface area (Å²) in [6.45, 7) is 0. The van der Waals surface area contributed by atoms with Crippen molar-refractivity contribution >= 4 is 5.78 Å². The Morgan fingerprint density at radius 1 is 1.14 bits per heavy atom. The Hall–Kier alpha value is -2.73. The van der Waals surface area contributed by atoms with Crippen molar-refractivity contribution in [3.05, 3.63) is 47.5 Å². The van der Waals surface area contributed by atoms with Crippen LogP contribution in [-0.4, -0.2) is 34.3 Å². The molecule has 6 nitrogen and oxygen atoms in total. The largest absolute Gasteiger partial charge is 0.507 e. The number of carbonyl (C=O) groups is 1. The summed E-state index contributed by atoms with van der Waals surface area (Å²) >= 11 is 0. The summed E-state index contributed by atoms with van der Waals surface area (Å²) in [6, 6.07) is 8.91. The molecule has 0 amide bonds. The fourth-order valence-electron chi connectivity index (χ4n) is 2.49. The molecule has 0 radical (unpaired) electrons. The third kappa shape index (κ3) is 2.14. The van der Waals surface area contributed by atoms with Crippen LogP contribution in [0.4, 0.5) is 0 Å². The van der Waals surface area contributed by atoms with Gasteiger partial charge in [-0.05, 0) is 29.8 Å². The van der Waals surface area contributed by atoms with Gasteiger partial charge in [0.05, 0.1) is 7.11 Å². The first-order valence-corrected chi connectivity index (χ1v) is 6.60. The smallest absolute Gasteiger partial charge is 0.202 e. The number of phenols is 2. The van der Waals surface area contributed by atoms with Crippen molar-refractivity contribution in [1.82, 2.24) is 0 Å². The van der Waals surface area contributed by atoms with E-state index in [1.165, 1.54) is 31.4 Å². The molecule has 114 valence electrons. The number of aliphatic hydroxyl groups is 1. The van der Waals surface area contributed by atoms with Gasteiger partial charge in [-0.1, -0.05) is 12.1 Å². The van der Waals surface area contributed by atoms with Crippen molar-refractivity contribution in [3.63, 3.8) is 0 Å². The SMILES string of the molecule is COc1ccc(C2Oc3cccc(O)c3C(=O)C2O)cc1O. The third-order valence-corrected chi connectivity index (χ3v) is 3.59. The van der Waals surface area contributed by atoms with E-state index in [0.29, 0.717) is 5.56 Å². The lowest BCUT2D eigenvalue weighted by molar-refractivity contribution is 0.0211. The monoisotopic (exact) mass is 302 g/mol. The van der Waals surface area contributed by atoms with Crippen LogP contribution in [0.3, 0.4) is 0 Å². The van der Waals surface area contributed by atoms with Crippen LogP contribution in [0.2, 0.25) is 0 Å². The Kier molecular flexibility index (Phi) is 3.38. The number of aromatic hydroxyl groups is 2. The van der Waals surface area contributed by atoms with Crippen LogP contribution in [-0.2, 0) is 0 Å². The van der Waals surface area contributed by atoms with Crippen molar-refractivity contribution in [2.75, 3.05) is 7.11 Å². The minimum absolute atomic E-state index is 0.0380. The number of hydrogen-bond donors (Lipinski definition) is 3. The first kappa shape index (κ1) is 14.2. The Balaban J connectivity index is 2.03. The van der Waals surface area contributed by atoms with Crippen LogP contribution in [0, 0.1) is 0 Å². The van der Waals surface area contributed by atoms with Gasteiger partial charge >= 0.3 is 0 Å². The van der Waals surface area contributed by atoms with Crippen molar-refractivity contribution in [2.45, 2.75) is 12.2 Å². The van der Waals surface area contributed by atoms with Crippen molar-refractivity contribution < 1.29 is 29.6 Å². The summed E-state index contributed by atoms with van der Waals surface area (Å²) < 4.78 is 10.6. The number of methoxy groups -OCH3 is 1. The molecule has 22 heavy (non-hydrogen) atoms. The zero-order valence-corrected chi connectivity index (χ0v) is 11.7. The van der Waals surface area contributed by atoms with E-state index in [-0.39, 0.29) is 28.6 Å². The molecule has 2 aromatic rings. The van der Waals surface area contributed by atoms with Crippen LogP contribution in [0.25, 0.3) is 0 Å². The van der Waals surface area contributed by atoms with Gasteiger partial charge in [-0.2, -0.15) is 0 Å². The van der Waals surface area contributed by atoms with E-state index in [4.69, 9.17) is 9.47 Å². The maximum atomic E-state index is 12.3. The first-order chi connectivity index (χ1) is 10.5. The Labute approximate surface area is 126 Å². The Bertz CT molecular complexity index is 739. The summed E-state index contributed by atoms with van der Waals surface area (Å²) in [4.78, 5) is 12.3. The van der Waals surface area contributed by atoms with E-state index in [9.17, 15) is 20.1 Å². The fraction of sp³-hybridized carbons (Fsp3) is 0.188. The average Bonchev–Trinajstić information content (AvgIpc) is 2.50. The zero-order chi connectivity index (χ0) is 15.9. The lowest BCUT2D eigenvalue weighted by Gasteiger charge is -2.30. The highest BCUT2D eigenvalue weighted by atomic mass is 16.5. The molecule has 6 heteroatoms. The van der Waals surface area contributed by atoms with Gasteiger partial charge in [0.2, 0.25) is 5.78 Å². The number of ketones is 1. The van der Waals surface area contributed by atoms with Gasteiger partial charge in [0.25, 0.3) is 0 Å². The predicted molar refractivity (Wildman–Crippen MR) is 76.5 cm³/mol. The number of phenolic OH excluding ortho intramolecular Hbond substituents is 2. The van der Waals surface area contributed by atoms with Crippen LogP contribution in [0.1, 0.15) is 22.0 Å². The summed E-state index contributed by atoms with van der Waals surface area (Å²) in [5, 5.41) is 29.8. The van der Waals surface area contributed by atoms with Crippen LogP contribution >= 0.6 is 0 Å². The molecule has 2 unspecified atom stereocenters. The number of Topliss-reactive ketones (excluding diaryl/α,β-unsaturated/α-hetero) is 1. The third-order valence-electron chi connectivity index (χ3n) is 3.59. The second-order valence-electron chi connectivity index (χ2n) is 4.93. The molecule has 0 aliphatic carbocycles. The zero-order valence-electron chi connectivity index (χ0n) is 11.7. The maximum Gasteiger partial charge on any atom is 0.202 e. The molecule has 3 rings (SSSR count). The summed E-state index contributed by atoms with van der Waals surface area (Å²) in [7, 11) is 1.42. The number of hydrogen-bond acceptors (Lipinski definition) is 6. The van der Waals surface area contributed by atoms with E-state index in [1.54, 1.807) is 12.1 Å². The number of rotatable bonds is 2. The molecule has 0 fully saturated rings. The van der Waals surface area contributed by atoms with Crippen molar-refractivity contribution in [2.24, 2.45) is 0 Å². The molecule has 0 spiro atoms. The van der Waals surface area contributed by atoms with E-state index in [2.05, 4.69) is 0 Å². The number of benzene rings is 2. The van der Waals surface area contributed by atoms with Crippen LogP contribution < -0.4 is 9.47 Å². The van der Waals surface area contributed by atoms with E-state index >= 15 is 0 Å². The Morgan fingerprint density at radius 3 is 2.59 bits per heavy atom. The number of aliphatic hydroxyl groups excluding tert-OH is 1. The van der Waals surface area contributed by atoms with Gasteiger partial charge in [0.15, 0.2) is 23.7 Å². The lowest BCUT2D eigenvalue weighted by Crippen LogP contribution is -2.36. The lowest BCUT2D eigenvalue weighted by atomic mass is 9.93. The quantitative estimate of drug-likeness (QED) is 0.782. The van der Waals surface area contributed by atoms with E-state index in [1.807, 2.05) is 0 Å². The highest BCUT2D eigenvalue weighted by molar-refractivity contribution is 6.05. The molecular weight excluding hydrogens is 288 g/mol. The molecule has 2 atom stereocenters. The molecule has 0 saturated heterocycles. The second-order valence-corrected chi connectivity index (χ2v) is 4.93. The normalized spacial score (nSPS) is 20.2. The van der Waals surface area contributed by atoms with Gasteiger partial charge in [-0.15, -0.1) is 0 Å². The van der Waals surface area contributed by atoms with Gasteiger partial charge in [-0.3, -0.25) is 4.79 Å². The topological polar surface area (TPSA) is 96.2 Å². The molecule has 3 N–H and O–H groups in total. The standard InChI is InChI=1S/C16H14O6/c1-21-11-6-5-8(7-10(11)18)16-15(20)14(19)13-9(17)3-2-4-12(13)22-16/h2-7,15-18,20H,1H3. The van der Waals surface area contributed by atoms with Gasteiger partial charge in [0, 0.05) is 0 Å². The van der Waals surface area contributed by atoms with Gasteiger partial charge in [-0.25, -0.2) is 0 Å². The van der Waals surface area contributed by atoms with Crippen molar-refractivity contribution in [3.8, 4) is 23.0 Å². The number of carbonyl (C=O) groups excluding carboxylic acids is 1. The highest BCUT2D eigenvalue weighted by Crippen LogP contribution is 2.40. The number of fused-ring (bicyclic) bond motifs is 1. The van der Waals surface area contributed by atoms with Crippen LogP contribution in [0.15, 0.2) is 36.4 Å². The summed E-state index contributed by atoms with van der Waals surface area (Å²) in [6.07, 6.45) is -2.45.